The fourth-order valence-corrected chi connectivity index (χ4v) is 2.23. The van der Waals surface area contributed by atoms with Crippen LogP contribution in [0.25, 0.3) is 0 Å². The number of rotatable bonds is 4. The maximum absolute atomic E-state index is 13.1. The lowest BCUT2D eigenvalue weighted by molar-refractivity contribution is 0.247. The van der Waals surface area contributed by atoms with E-state index in [1.165, 1.54) is 12.1 Å². The van der Waals surface area contributed by atoms with Gasteiger partial charge < -0.3 is 4.74 Å². The van der Waals surface area contributed by atoms with Crippen molar-refractivity contribution in [1.29, 1.82) is 0 Å². The fourth-order valence-electron chi connectivity index (χ4n) is 2.23. The molecular weight excluding hydrogens is 263 g/mol. The van der Waals surface area contributed by atoms with Crippen LogP contribution in [0.3, 0.4) is 0 Å². The van der Waals surface area contributed by atoms with Crippen molar-refractivity contribution in [3.63, 3.8) is 0 Å². The molecule has 0 saturated carbocycles. The Morgan fingerprint density at radius 1 is 0.619 bits per heavy atom. The highest BCUT2D eigenvalue weighted by atomic mass is 19.1. The van der Waals surface area contributed by atoms with Crippen LogP contribution in [0.2, 0.25) is 0 Å². The number of ether oxygens (including phenoxy) is 1. The lowest BCUT2D eigenvalue weighted by atomic mass is 10.0. The third-order valence-electron chi connectivity index (χ3n) is 3.27. The van der Waals surface area contributed by atoms with Gasteiger partial charge in [0.2, 0.25) is 0 Å². The van der Waals surface area contributed by atoms with Gasteiger partial charge in [-0.1, -0.05) is 60.7 Å². The Hall–Kier alpha value is -2.61. The molecule has 0 aliphatic heterocycles. The number of hydrogen-bond donors (Lipinski definition) is 0. The van der Waals surface area contributed by atoms with Crippen LogP contribution in [0, 0.1) is 5.82 Å². The predicted octanol–water partition coefficient (Wildman–Crippen LogP) is 4.99. The van der Waals surface area contributed by atoms with Gasteiger partial charge in [-0.15, -0.1) is 0 Å². The first-order chi connectivity index (χ1) is 10.3. The standard InChI is InChI=1S/C19H15FO/c20-17-13-11-16(12-14-17)19(15-7-3-1-4-8-15)21-18-9-5-2-6-10-18/h1-14,19H. The van der Waals surface area contributed by atoms with Crippen LogP contribution < -0.4 is 4.74 Å². The summed E-state index contributed by atoms with van der Waals surface area (Å²) in [6.45, 7) is 0. The quantitative estimate of drug-likeness (QED) is 0.653. The monoisotopic (exact) mass is 278 g/mol. The van der Waals surface area contributed by atoms with E-state index in [1.807, 2.05) is 60.7 Å². The second-order valence-electron chi connectivity index (χ2n) is 4.77. The highest BCUT2D eigenvalue weighted by molar-refractivity contribution is 5.33. The first kappa shape index (κ1) is 13.4. The van der Waals surface area contributed by atoms with Crippen molar-refractivity contribution in [3.8, 4) is 5.75 Å². The highest BCUT2D eigenvalue weighted by Crippen LogP contribution is 2.28. The lowest BCUT2D eigenvalue weighted by Gasteiger charge is -2.20. The third kappa shape index (κ3) is 3.29. The summed E-state index contributed by atoms with van der Waals surface area (Å²) in [5, 5.41) is 0. The van der Waals surface area contributed by atoms with Gasteiger partial charge >= 0.3 is 0 Å². The Kier molecular flexibility index (Phi) is 3.97. The Morgan fingerprint density at radius 2 is 1.14 bits per heavy atom. The summed E-state index contributed by atoms with van der Waals surface area (Å²) >= 11 is 0. The Bertz CT molecular complexity index is 678. The topological polar surface area (TPSA) is 9.23 Å². The molecule has 3 aromatic carbocycles. The van der Waals surface area contributed by atoms with Gasteiger partial charge in [-0.25, -0.2) is 4.39 Å². The van der Waals surface area contributed by atoms with E-state index in [-0.39, 0.29) is 11.9 Å². The van der Waals surface area contributed by atoms with E-state index in [0.29, 0.717) is 0 Å². The zero-order valence-corrected chi connectivity index (χ0v) is 11.4. The molecule has 0 aliphatic carbocycles. The number of hydrogen-bond acceptors (Lipinski definition) is 1. The summed E-state index contributed by atoms with van der Waals surface area (Å²) in [5.41, 5.74) is 1.96. The zero-order chi connectivity index (χ0) is 14.5. The second-order valence-corrected chi connectivity index (χ2v) is 4.77. The van der Waals surface area contributed by atoms with Crippen molar-refractivity contribution in [2.45, 2.75) is 6.10 Å². The molecule has 21 heavy (non-hydrogen) atoms. The average Bonchev–Trinajstić information content (AvgIpc) is 2.55. The molecule has 1 atom stereocenters. The fraction of sp³-hybridized carbons (Fsp3) is 0.0526. The van der Waals surface area contributed by atoms with Crippen LogP contribution in [-0.4, -0.2) is 0 Å². The van der Waals surface area contributed by atoms with Crippen molar-refractivity contribution in [1.82, 2.24) is 0 Å². The molecule has 0 bridgehead atoms. The van der Waals surface area contributed by atoms with E-state index < -0.39 is 0 Å². The van der Waals surface area contributed by atoms with Crippen LogP contribution in [0.1, 0.15) is 17.2 Å². The van der Waals surface area contributed by atoms with E-state index in [9.17, 15) is 4.39 Å². The van der Waals surface area contributed by atoms with Crippen LogP contribution in [0.15, 0.2) is 84.9 Å². The molecule has 0 heterocycles. The van der Waals surface area contributed by atoms with E-state index >= 15 is 0 Å². The largest absolute Gasteiger partial charge is 0.481 e. The molecule has 3 rings (SSSR count). The van der Waals surface area contributed by atoms with E-state index in [0.717, 1.165) is 16.9 Å². The summed E-state index contributed by atoms with van der Waals surface area (Å²) < 4.78 is 19.2. The second kappa shape index (κ2) is 6.23. The van der Waals surface area contributed by atoms with Gasteiger partial charge in [0.1, 0.15) is 17.7 Å². The summed E-state index contributed by atoms with van der Waals surface area (Å²) in [7, 11) is 0. The van der Waals surface area contributed by atoms with Crippen molar-refractivity contribution in [3.05, 3.63) is 102 Å². The van der Waals surface area contributed by atoms with Crippen molar-refractivity contribution in [2.24, 2.45) is 0 Å². The zero-order valence-electron chi connectivity index (χ0n) is 11.4. The first-order valence-corrected chi connectivity index (χ1v) is 6.85. The van der Waals surface area contributed by atoms with E-state index in [2.05, 4.69) is 0 Å². The smallest absolute Gasteiger partial charge is 0.149 e. The van der Waals surface area contributed by atoms with E-state index in [4.69, 9.17) is 4.74 Å². The Labute approximate surface area is 123 Å². The van der Waals surface area contributed by atoms with Gasteiger partial charge in [-0.2, -0.15) is 0 Å². The van der Waals surface area contributed by atoms with Gasteiger partial charge in [-0.05, 0) is 35.4 Å². The number of para-hydroxylation sites is 1. The summed E-state index contributed by atoms with van der Waals surface area (Å²) in [4.78, 5) is 0. The molecule has 104 valence electrons. The lowest BCUT2D eigenvalue weighted by Crippen LogP contribution is -2.09. The number of benzene rings is 3. The molecule has 0 amide bonds. The maximum atomic E-state index is 13.1. The minimum Gasteiger partial charge on any atom is -0.481 e. The molecule has 0 fully saturated rings. The molecule has 0 aliphatic rings. The minimum absolute atomic E-state index is 0.245. The van der Waals surface area contributed by atoms with Gasteiger partial charge in [-0.3, -0.25) is 0 Å². The van der Waals surface area contributed by atoms with Crippen molar-refractivity contribution in [2.75, 3.05) is 0 Å². The molecular formula is C19H15FO. The van der Waals surface area contributed by atoms with E-state index in [1.54, 1.807) is 12.1 Å². The molecule has 0 spiro atoms. The summed E-state index contributed by atoms with van der Waals surface area (Å²) in [6, 6.07) is 26.0. The van der Waals surface area contributed by atoms with Crippen LogP contribution in [-0.2, 0) is 0 Å². The summed E-state index contributed by atoms with van der Waals surface area (Å²) in [5.74, 6) is 0.543. The molecule has 0 saturated heterocycles. The molecule has 0 radical (unpaired) electrons. The molecule has 1 unspecified atom stereocenters. The Morgan fingerprint density at radius 3 is 1.76 bits per heavy atom. The van der Waals surface area contributed by atoms with Crippen LogP contribution in [0.5, 0.6) is 5.75 Å². The summed E-state index contributed by atoms with van der Waals surface area (Å²) in [6.07, 6.45) is -0.255. The molecule has 2 heteroatoms. The first-order valence-electron chi connectivity index (χ1n) is 6.85. The maximum Gasteiger partial charge on any atom is 0.149 e. The predicted molar refractivity (Wildman–Crippen MR) is 81.8 cm³/mol. The Balaban J connectivity index is 1.97. The van der Waals surface area contributed by atoms with Crippen molar-refractivity contribution >= 4 is 0 Å². The molecule has 1 nitrogen and oxygen atoms in total. The molecule has 0 aromatic heterocycles. The van der Waals surface area contributed by atoms with Gasteiger partial charge in [0.25, 0.3) is 0 Å². The molecule has 3 aromatic rings. The molecule has 0 N–H and O–H groups in total. The highest BCUT2D eigenvalue weighted by Gasteiger charge is 2.15. The average molecular weight is 278 g/mol. The normalized spacial score (nSPS) is 11.9. The van der Waals surface area contributed by atoms with Crippen LogP contribution >= 0.6 is 0 Å². The van der Waals surface area contributed by atoms with Gasteiger partial charge in [0.05, 0.1) is 0 Å². The third-order valence-corrected chi connectivity index (χ3v) is 3.27. The van der Waals surface area contributed by atoms with Crippen LogP contribution in [0.4, 0.5) is 4.39 Å². The SMILES string of the molecule is Fc1ccc(C(Oc2ccccc2)c2ccccc2)cc1. The number of halogens is 1. The minimum atomic E-state index is -0.255. The van der Waals surface area contributed by atoms with Crippen molar-refractivity contribution < 1.29 is 9.13 Å². The van der Waals surface area contributed by atoms with Gasteiger partial charge in [0.15, 0.2) is 0 Å². The van der Waals surface area contributed by atoms with Gasteiger partial charge in [0, 0.05) is 0 Å².